The summed E-state index contributed by atoms with van der Waals surface area (Å²) in [5.74, 6) is -1.90. The Morgan fingerprint density at radius 3 is 2.69 bits per heavy atom. The highest BCUT2D eigenvalue weighted by Crippen LogP contribution is 2.29. The molecule has 0 spiro atoms. The smallest absolute Gasteiger partial charge is 0.310 e. The molecule has 1 atom stereocenters. The van der Waals surface area contributed by atoms with Crippen molar-refractivity contribution in [1.82, 2.24) is 0 Å². The standard InChI is InChI=1S/C9H10N2O5/c10-6(9(13)14)4-5-2-1-3-7(8(5)12)11(15)16/h1-3,6,12H,4,10H2,(H,13,14). The Hall–Kier alpha value is -2.15. The summed E-state index contributed by atoms with van der Waals surface area (Å²) in [7, 11) is 0. The Kier molecular flexibility index (Phi) is 3.41. The monoisotopic (exact) mass is 226 g/mol. The van der Waals surface area contributed by atoms with Gasteiger partial charge in [0.1, 0.15) is 6.04 Å². The van der Waals surface area contributed by atoms with Crippen LogP contribution in [0, 0.1) is 10.1 Å². The molecule has 0 aliphatic rings. The molecule has 1 aromatic rings. The number of aromatic hydroxyl groups is 1. The molecule has 7 heteroatoms. The van der Waals surface area contributed by atoms with Crippen LogP contribution in [0.4, 0.5) is 5.69 Å². The summed E-state index contributed by atoms with van der Waals surface area (Å²) in [5, 5.41) is 30.4. The van der Waals surface area contributed by atoms with Gasteiger partial charge in [-0.15, -0.1) is 0 Å². The van der Waals surface area contributed by atoms with Crippen molar-refractivity contribution < 1.29 is 25.7 Å². The van der Waals surface area contributed by atoms with Crippen LogP contribution in [-0.4, -0.2) is 22.0 Å². The maximum atomic E-state index is 10.5. The van der Waals surface area contributed by atoms with Crippen molar-refractivity contribution in [2.75, 3.05) is 0 Å². The molecule has 0 bridgehead atoms. The lowest BCUT2D eigenvalue weighted by Crippen LogP contribution is -2.69. The minimum atomic E-state index is -1.37. The van der Waals surface area contributed by atoms with Gasteiger partial charge in [-0.1, -0.05) is 12.1 Å². The molecule has 0 saturated heterocycles. The zero-order valence-electron chi connectivity index (χ0n) is 8.25. The van der Waals surface area contributed by atoms with E-state index in [2.05, 4.69) is 5.73 Å². The number of carboxylic acids is 1. The van der Waals surface area contributed by atoms with Crippen molar-refractivity contribution in [2.45, 2.75) is 12.5 Å². The van der Waals surface area contributed by atoms with Crippen molar-refractivity contribution in [3.8, 4) is 5.75 Å². The van der Waals surface area contributed by atoms with Crippen LogP contribution in [0.2, 0.25) is 0 Å². The zero-order chi connectivity index (χ0) is 12.3. The van der Waals surface area contributed by atoms with E-state index in [4.69, 9.17) is 0 Å². The number of phenols is 1. The van der Waals surface area contributed by atoms with E-state index >= 15 is 0 Å². The lowest BCUT2D eigenvalue weighted by atomic mass is 10.0. The number of carbonyl (C=O) groups is 1. The summed E-state index contributed by atoms with van der Waals surface area (Å²) in [6.07, 6.45) is -0.115. The first-order valence-electron chi connectivity index (χ1n) is 4.42. The van der Waals surface area contributed by atoms with E-state index in [0.29, 0.717) is 0 Å². The van der Waals surface area contributed by atoms with E-state index < -0.39 is 28.4 Å². The number of phenolic OH excluding ortho intramolecular Hbond substituents is 1. The number of nitro benzene ring substituents is 1. The lowest BCUT2D eigenvalue weighted by molar-refractivity contribution is -0.437. The first-order chi connectivity index (χ1) is 7.43. The molecule has 16 heavy (non-hydrogen) atoms. The SMILES string of the molecule is [NH3+]C(Cc1cccc([N+](=O)[O-])c1O)C(=O)[O-]. The first kappa shape index (κ1) is 11.9. The summed E-state index contributed by atoms with van der Waals surface area (Å²) in [6, 6.07) is 2.85. The van der Waals surface area contributed by atoms with E-state index in [-0.39, 0.29) is 12.0 Å². The van der Waals surface area contributed by atoms with Crippen LogP contribution in [0.3, 0.4) is 0 Å². The van der Waals surface area contributed by atoms with Crippen LogP contribution in [-0.2, 0) is 11.2 Å². The van der Waals surface area contributed by atoms with Gasteiger partial charge >= 0.3 is 5.69 Å². The van der Waals surface area contributed by atoms with Gasteiger partial charge in [0.15, 0.2) is 5.75 Å². The lowest BCUT2D eigenvalue weighted by Gasteiger charge is -2.10. The quantitative estimate of drug-likeness (QED) is 0.462. The highest BCUT2D eigenvalue weighted by atomic mass is 16.6. The maximum absolute atomic E-state index is 10.5. The minimum absolute atomic E-state index is 0.115. The number of hydrogen-bond acceptors (Lipinski definition) is 5. The first-order valence-corrected chi connectivity index (χ1v) is 4.42. The highest BCUT2D eigenvalue weighted by Gasteiger charge is 2.19. The van der Waals surface area contributed by atoms with E-state index in [0.717, 1.165) is 6.07 Å². The van der Waals surface area contributed by atoms with Crippen LogP contribution in [0.25, 0.3) is 0 Å². The molecule has 1 unspecified atom stereocenters. The Balaban J connectivity index is 3.02. The molecule has 1 aromatic carbocycles. The van der Waals surface area contributed by atoms with Gasteiger partial charge in [-0.05, 0) is 0 Å². The number of para-hydroxylation sites is 1. The van der Waals surface area contributed by atoms with Crippen LogP contribution >= 0.6 is 0 Å². The molecule has 1 rings (SSSR count). The number of nitro groups is 1. The van der Waals surface area contributed by atoms with Gasteiger partial charge in [-0.3, -0.25) is 10.1 Å². The average Bonchev–Trinajstić information content (AvgIpc) is 2.20. The molecule has 7 nitrogen and oxygen atoms in total. The average molecular weight is 226 g/mol. The van der Waals surface area contributed by atoms with Crippen LogP contribution in [0.5, 0.6) is 5.75 Å². The molecule has 0 saturated carbocycles. The Morgan fingerprint density at radius 2 is 2.19 bits per heavy atom. The van der Waals surface area contributed by atoms with Crippen LogP contribution in [0.1, 0.15) is 5.56 Å². The van der Waals surface area contributed by atoms with Gasteiger partial charge in [0.2, 0.25) is 0 Å². The molecule has 0 amide bonds. The normalized spacial score (nSPS) is 12.1. The molecular formula is C9H10N2O5. The highest BCUT2D eigenvalue weighted by molar-refractivity contribution is 5.70. The molecule has 0 heterocycles. The maximum Gasteiger partial charge on any atom is 0.310 e. The van der Waals surface area contributed by atoms with Crippen LogP contribution in [0.15, 0.2) is 18.2 Å². The van der Waals surface area contributed by atoms with Crippen molar-refractivity contribution >= 4 is 11.7 Å². The van der Waals surface area contributed by atoms with Gasteiger partial charge in [0.05, 0.1) is 10.9 Å². The summed E-state index contributed by atoms with van der Waals surface area (Å²) >= 11 is 0. The molecule has 0 aliphatic heterocycles. The van der Waals surface area contributed by atoms with Gasteiger partial charge in [-0.2, -0.15) is 0 Å². The molecular weight excluding hydrogens is 216 g/mol. The van der Waals surface area contributed by atoms with Crippen molar-refractivity contribution in [2.24, 2.45) is 0 Å². The summed E-state index contributed by atoms with van der Waals surface area (Å²) < 4.78 is 0. The molecule has 0 fully saturated rings. The van der Waals surface area contributed by atoms with E-state index in [1.165, 1.54) is 12.1 Å². The second-order valence-corrected chi connectivity index (χ2v) is 3.26. The number of rotatable bonds is 4. The number of benzene rings is 1. The second kappa shape index (κ2) is 4.58. The molecule has 0 aliphatic carbocycles. The van der Waals surface area contributed by atoms with Gasteiger partial charge in [0.25, 0.3) is 0 Å². The molecule has 0 aromatic heterocycles. The van der Waals surface area contributed by atoms with E-state index in [9.17, 15) is 25.1 Å². The predicted molar refractivity (Wildman–Crippen MR) is 50.1 cm³/mol. The third-order valence-corrected chi connectivity index (χ3v) is 2.09. The number of aliphatic carboxylic acids is 1. The summed E-state index contributed by atoms with van der Waals surface area (Å²) in [4.78, 5) is 20.2. The Bertz CT molecular complexity index is 432. The Labute approximate surface area is 90.3 Å². The van der Waals surface area contributed by atoms with Gasteiger partial charge < -0.3 is 20.7 Å². The van der Waals surface area contributed by atoms with Crippen LogP contribution < -0.4 is 10.8 Å². The summed E-state index contributed by atoms with van der Waals surface area (Å²) in [5.41, 5.74) is 3.02. The number of nitrogens with zero attached hydrogens (tertiary/aromatic N) is 1. The third-order valence-electron chi connectivity index (χ3n) is 2.09. The fourth-order valence-electron chi connectivity index (χ4n) is 1.24. The zero-order valence-corrected chi connectivity index (χ0v) is 8.25. The third kappa shape index (κ3) is 2.45. The predicted octanol–water partition coefficient (Wildman–Crippen LogP) is -1.80. The number of hydrogen-bond donors (Lipinski definition) is 2. The van der Waals surface area contributed by atoms with E-state index in [1.807, 2.05) is 0 Å². The molecule has 4 N–H and O–H groups in total. The summed E-state index contributed by atoms with van der Waals surface area (Å²) in [6.45, 7) is 0. The minimum Gasteiger partial charge on any atom is -0.544 e. The van der Waals surface area contributed by atoms with Crippen molar-refractivity contribution in [1.29, 1.82) is 0 Å². The van der Waals surface area contributed by atoms with Crippen molar-refractivity contribution in [3.63, 3.8) is 0 Å². The molecule has 0 radical (unpaired) electrons. The molecule has 86 valence electrons. The number of carboxylic acid groups (broad SMARTS) is 1. The van der Waals surface area contributed by atoms with Gasteiger partial charge in [-0.25, -0.2) is 0 Å². The topological polar surface area (TPSA) is 131 Å². The second-order valence-electron chi connectivity index (χ2n) is 3.26. The van der Waals surface area contributed by atoms with Crippen molar-refractivity contribution in [3.05, 3.63) is 33.9 Å². The van der Waals surface area contributed by atoms with Gasteiger partial charge in [0, 0.05) is 18.1 Å². The Morgan fingerprint density at radius 1 is 1.56 bits per heavy atom. The fraction of sp³-hybridized carbons (Fsp3) is 0.222. The van der Waals surface area contributed by atoms with E-state index in [1.54, 1.807) is 0 Å². The number of carbonyl (C=O) groups excluding carboxylic acids is 1. The fourth-order valence-corrected chi connectivity index (χ4v) is 1.24. The largest absolute Gasteiger partial charge is 0.544 e. The number of quaternary nitrogens is 1.